The molecule has 8 heteroatoms. The van der Waals surface area contributed by atoms with Gasteiger partial charge in [0.2, 0.25) is 10.0 Å². The first-order valence-electron chi connectivity index (χ1n) is 11.3. The van der Waals surface area contributed by atoms with E-state index in [4.69, 9.17) is 9.47 Å². The summed E-state index contributed by atoms with van der Waals surface area (Å²) in [4.78, 5) is 12.4. The number of carbonyl (C=O) groups excluding carboxylic acids is 1. The van der Waals surface area contributed by atoms with E-state index < -0.39 is 10.0 Å². The van der Waals surface area contributed by atoms with Crippen LogP contribution in [0.15, 0.2) is 114 Å². The van der Waals surface area contributed by atoms with E-state index in [1.165, 1.54) is 24.3 Å². The molecule has 7 nitrogen and oxygen atoms in total. The highest BCUT2D eigenvalue weighted by Gasteiger charge is 2.18. The molecule has 0 saturated heterocycles. The minimum Gasteiger partial charge on any atom is -0.484 e. The van der Waals surface area contributed by atoms with Crippen LogP contribution in [0.2, 0.25) is 0 Å². The van der Waals surface area contributed by atoms with Crippen LogP contribution in [-0.2, 0) is 14.8 Å². The molecule has 1 atom stereocenters. The number of ether oxygens (including phenoxy) is 2. The van der Waals surface area contributed by atoms with Gasteiger partial charge in [0.25, 0.3) is 5.91 Å². The van der Waals surface area contributed by atoms with Gasteiger partial charge in [-0.1, -0.05) is 48.5 Å². The van der Waals surface area contributed by atoms with Gasteiger partial charge >= 0.3 is 0 Å². The standard InChI is InChI=1S/C28H26N2O5S/c1-21(22-8-4-2-5-9-22)30-36(32,33)27-18-16-24(17-19-27)34-20-28(31)29-23-12-14-26(15-13-23)35-25-10-6-3-7-11-25/h2-19,21,30H,20H2,1H3,(H,29,31)/t21-/m1/s1. The van der Waals surface area contributed by atoms with Crippen molar-refractivity contribution in [2.45, 2.75) is 17.9 Å². The fourth-order valence-electron chi connectivity index (χ4n) is 3.40. The van der Waals surface area contributed by atoms with E-state index in [0.29, 0.717) is 17.2 Å². The lowest BCUT2D eigenvalue weighted by Gasteiger charge is -2.15. The largest absolute Gasteiger partial charge is 0.484 e. The van der Waals surface area contributed by atoms with Gasteiger partial charge in [-0.2, -0.15) is 0 Å². The molecule has 0 heterocycles. The number of carbonyl (C=O) groups is 1. The summed E-state index contributed by atoms with van der Waals surface area (Å²) >= 11 is 0. The molecule has 0 aliphatic carbocycles. The lowest BCUT2D eigenvalue weighted by molar-refractivity contribution is -0.118. The van der Waals surface area contributed by atoms with Crippen molar-refractivity contribution in [3.63, 3.8) is 0 Å². The topological polar surface area (TPSA) is 93.7 Å². The molecule has 0 bridgehead atoms. The molecule has 2 N–H and O–H groups in total. The van der Waals surface area contributed by atoms with E-state index >= 15 is 0 Å². The number of para-hydroxylation sites is 1. The van der Waals surface area contributed by atoms with E-state index in [2.05, 4.69) is 10.0 Å². The van der Waals surface area contributed by atoms with Gasteiger partial charge in [0.1, 0.15) is 17.2 Å². The van der Waals surface area contributed by atoms with Gasteiger partial charge in [-0.05, 0) is 73.2 Å². The summed E-state index contributed by atoms with van der Waals surface area (Å²) in [5, 5.41) is 2.75. The first-order chi connectivity index (χ1) is 17.4. The Morgan fingerprint density at radius 1 is 0.750 bits per heavy atom. The maximum Gasteiger partial charge on any atom is 0.262 e. The third-order valence-corrected chi connectivity index (χ3v) is 6.81. The normalized spacial score (nSPS) is 11.9. The number of nitrogens with one attached hydrogen (secondary N) is 2. The van der Waals surface area contributed by atoms with Crippen LogP contribution in [0.5, 0.6) is 17.2 Å². The lowest BCUT2D eigenvalue weighted by Crippen LogP contribution is -2.26. The van der Waals surface area contributed by atoms with Gasteiger partial charge in [-0.15, -0.1) is 0 Å². The number of hydrogen-bond acceptors (Lipinski definition) is 5. The molecule has 36 heavy (non-hydrogen) atoms. The van der Waals surface area contributed by atoms with E-state index in [0.717, 1.165) is 11.3 Å². The molecule has 4 aromatic rings. The number of amides is 1. The maximum absolute atomic E-state index is 12.7. The minimum absolute atomic E-state index is 0.111. The summed E-state index contributed by atoms with van der Waals surface area (Å²) in [6, 6.07) is 31.3. The highest BCUT2D eigenvalue weighted by Crippen LogP contribution is 2.23. The minimum atomic E-state index is -3.72. The Hall–Kier alpha value is -4.14. The van der Waals surface area contributed by atoms with E-state index in [1.807, 2.05) is 60.7 Å². The quantitative estimate of drug-likeness (QED) is 0.297. The summed E-state index contributed by atoms with van der Waals surface area (Å²) in [6.45, 7) is 1.56. The van der Waals surface area contributed by atoms with Crippen LogP contribution < -0.4 is 19.5 Å². The van der Waals surface area contributed by atoms with Crippen LogP contribution in [0.4, 0.5) is 5.69 Å². The first-order valence-corrected chi connectivity index (χ1v) is 12.8. The fraction of sp³-hybridized carbons (Fsp3) is 0.107. The molecule has 0 radical (unpaired) electrons. The summed E-state index contributed by atoms with van der Waals surface area (Å²) in [5.74, 6) is 1.41. The molecule has 0 fully saturated rings. The average molecular weight is 503 g/mol. The van der Waals surface area contributed by atoms with Gasteiger partial charge in [-0.3, -0.25) is 4.79 Å². The molecule has 0 aromatic heterocycles. The molecule has 0 unspecified atom stereocenters. The Bertz CT molecular complexity index is 1380. The molecule has 0 aliphatic heterocycles. The zero-order valence-electron chi connectivity index (χ0n) is 19.6. The van der Waals surface area contributed by atoms with Gasteiger partial charge in [0, 0.05) is 11.7 Å². The van der Waals surface area contributed by atoms with Crippen molar-refractivity contribution in [3.8, 4) is 17.2 Å². The highest BCUT2D eigenvalue weighted by atomic mass is 32.2. The highest BCUT2D eigenvalue weighted by molar-refractivity contribution is 7.89. The van der Waals surface area contributed by atoms with Crippen LogP contribution in [0.3, 0.4) is 0 Å². The van der Waals surface area contributed by atoms with Gasteiger partial charge in [-0.25, -0.2) is 13.1 Å². The number of anilines is 1. The third-order valence-electron chi connectivity index (χ3n) is 5.25. The molecule has 4 aromatic carbocycles. The second-order valence-corrected chi connectivity index (χ2v) is 9.72. The Labute approximate surface area is 210 Å². The summed E-state index contributed by atoms with van der Waals surface area (Å²) in [7, 11) is -3.72. The Balaban J connectivity index is 1.27. The SMILES string of the molecule is C[C@@H](NS(=O)(=O)c1ccc(OCC(=O)Nc2ccc(Oc3ccccc3)cc2)cc1)c1ccccc1. The van der Waals surface area contributed by atoms with Gasteiger partial charge in [0.15, 0.2) is 6.61 Å². The Morgan fingerprint density at radius 2 is 1.31 bits per heavy atom. The molecular formula is C28H26N2O5S. The van der Waals surface area contributed by atoms with Crippen molar-refractivity contribution in [2.24, 2.45) is 0 Å². The first kappa shape index (κ1) is 25.0. The molecule has 0 spiro atoms. The summed E-state index contributed by atoms with van der Waals surface area (Å²) in [6.07, 6.45) is 0. The van der Waals surface area contributed by atoms with Crippen molar-refractivity contribution >= 4 is 21.6 Å². The predicted molar refractivity (Wildman–Crippen MR) is 139 cm³/mol. The molecular weight excluding hydrogens is 476 g/mol. The molecule has 1 amide bonds. The number of sulfonamides is 1. The average Bonchev–Trinajstić information content (AvgIpc) is 2.90. The van der Waals surface area contributed by atoms with E-state index in [1.54, 1.807) is 31.2 Å². The van der Waals surface area contributed by atoms with Crippen LogP contribution in [0, 0.1) is 0 Å². The van der Waals surface area contributed by atoms with Crippen molar-refractivity contribution in [1.82, 2.24) is 4.72 Å². The lowest BCUT2D eigenvalue weighted by atomic mass is 10.1. The smallest absolute Gasteiger partial charge is 0.262 e. The van der Waals surface area contributed by atoms with Crippen LogP contribution in [0.25, 0.3) is 0 Å². The summed E-state index contributed by atoms with van der Waals surface area (Å²) in [5.41, 5.74) is 1.47. The Kier molecular flexibility index (Phi) is 7.99. The number of hydrogen-bond donors (Lipinski definition) is 2. The van der Waals surface area contributed by atoms with Crippen LogP contribution >= 0.6 is 0 Å². The second kappa shape index (κ2) is 11.5. The molecule has 0 saturated carbocycles. The zero-order chi connectivity index (χ0) is 25.4. The monoisotopic (exact) mass is 502 g/mol. The van der Waals surface area contributed by atoms with Crippen LogP contribution in [-0.4, -0.2) is 20.9 Å². The van der Waals surface area contributed by atoms with E-state index in [9.17, 15) is 13.2 Å². The third kappa shape index (κ3) is 6.94. The van der Waals surface area contributed by atoms with Crippen molar-refractivity contribution < 1.29 is 22.7 Å². The van der Waals surface area contributed by atoms with Crippen molar-refractivity contribution in [2.75, 3.05) is 11.9 Å². The molecule has 184 valence electrons. The zero-order valence-corrected chi connectivity index (χ0v) is 20.4. The van der Waals surface area contributed by atoms with Crippen molar-refractivity contribution in [1.29, 1.82) is 0 Å². The van der Waals surface area contributed by atoms with Crippen LogP contribution in [0.1, 0.15) is 18.5 Å². The fourth-order valence-corrected chi connectivity index (χ4v) is 4.63. The number of rotatable bonds is 10. The molecule has 0 aliphatic rings. The van der Waals surface area contributed by atoms with E-state index in [-0.39, 0.29) is 23.5 Å². The van der Waals surface area contributed by atoms with Gasteiger partial charge in [0.05, 0.1) is 4.90 Å². The predicted octanol–water partition coefficient (Wildman–Crippen LogP) is 5.54. The molecule has 4 rings (SSSR count). The summed E-state index contributed by atoms with van der Waals surface area (Å²) < 4.78 is 39.3. The Morgan fingerprint density at radius 3 is 1.94 bits per heavy atom. The van der Waals surface area contributed by atoms with Gasteiger partial charge < -0.3 is 14.8 Å². The number of benzene rings is 4. The van der Waals surface area contributed by atoms with Crippen molar-refractivity contribution in [3.05, 3.63) is 115 Å². The second-order valence-electron chi connectivity index (χ2n) is 8.00. The maximum atomic E-state index is 12.7.